The summed E-state index contributed by atoms with van der Waals surface area (Å²) in [6, 6.07) is 5.44. The first kappa shape index (κ1) is 14.1. The van der Waals surface area contributed by atoms with Crippen LogP contribution in [0, 0.1) is 11.3 Å². The predicted octanol–water partition coefficient (Wildman–Crippen LogP) is 0.949. The maximum Gasteiger partial charge on any atom is 0.222 e. The zero-order chi connectivity index (χ0) is 16.0. The number of hydrogen-bond acceptors (Lipinski definition) is 7. The first-order chi connectivity index (χ1) is 11.2. The molecule has 4 rings (SSSR count). The highest BCUT2D eigenvalue weighted by molar-refractivity contribution is 6.32. The van der Waals surface area contributed by atoms with Crippen LogP contribution in [-0.2, 0) is 0 Å². The number of rotatable bonds is 1. The van der Waals surface area contributed by atoms with E-state index in [9.17, 15) is 5.26 Å². The second kappa shape index (κ2) is 5.30. The van der Waals surface area contributed by atoms with Gasteiger partial charge in [-0.15, -0.1) is 5.10 Å². The maximum absolute atomic E-state index is 9.17. The Balaban J connectivity index is 1.94. The van der Waals surface area contributed by atoms with Crippen molar-refractivity contribution in [2.24, 2.45) is 0 Å². The molecule has 9 heteroatoms. The van der Waals surface area contributed by atoms with Crippen molar-refractivity contribution in [3.05, 3.63) is 22.7 Å². The van der Waals surface area contributed by atoms with Crippen LogP contribution in [0.1, 0.15) is 5.56 Å². The SMILES string of the molecule is CN1CCN(c2nc3cc(C#N)c(Cl)cc3n3nnnc23)CC1. The summed E-state index contributed by atoms with van der Waals surface area (Å²) in [6.07, 6.45) is 0. The molecule has 1 aliphatic rings. The molecule has 0 radical (unpaired) electrons. The number of halogens is 1. The number of nitrogens with zero attached hydrogens (tertiary/aromatic N) is 8. The molecule has 3 aromatic rings. The minimum Gasteiger partial charge on any atom is -0.351 e. The van der Waals surface area contributed by atoms with E-state index in [0.717, 1.165) is 32.0 Å². The third kappa shape index (κ3) is 2.25. The summed E-state index contributed by atoms with van der Waals surface area (Å²) in [5.41, 5.74) is 2.33. The number of tetrazole rings is 1. The number of piperazine rings is 1. The van der Waals surface area contributed by atoms with Crippen LogP contribution in [0.3, 0.4) is 0 Å². The number of anilines is 1. The lowest BCUT2D eigenvalue weighted by atomic mass is 10.2. The Hall–Kier alpha value is -2.50. The van der Waals surface area contributed by atoms with E-state index in [1.807, 2.05) is 0 Å². The van der Waals surface area contributed by atoms with Gasteiger partial charge in [-0.3, -0.25) is 0 Å². The summed E-state index contributed by atoms with van der Waals surface area (Å²) in [6.45, 7) is 3.63. The fourth-order valence-corrected chi connectivity index (χ4v) is 2.98. The Labute approximate surface area is 136 Å². The third-order valence-electron chi connectivity index (χ3n) is 4.11. The van der Waals surface area contributed by atoms with Crippen molar-refractivity contribution >= 4 is 34.1 Å². The summed E-state index contributed by atoms with van der Waals surface area (Å²) in [4.78, 5) is 9.15. The van der Waals surface area contributed by atoms with Crippen LogP contribution in [0.2, 0.25) is 5.02 Å². The standard InChI is InChI=1S/C14H13ClN8/c1-21-2-4-22(5-3-21)13-14-18-19-20-23(14)12-7-10(15)9(8-16)6-11(12)17-13/h6-7H,2-5H2,1H3. The fraction of sp³-hybridized carbons (Fsp3) is 0.357. The molecule has 2 aromatic heterocycles. The molecule has 1 aliphatic heterocycles. The van der Waals surface area contributed by atoms with Gasteiger partial charge in [0, 0.05) is 26.2 Å². The molecule has 1 saturated heterocycles. The highest BCUT2D eigenvalue weighted by atomic mass is 35.5. The lowest BCUT2D eigenvalue weighted by Crippen LogP contribution is -2.45. The van der Waals surface area contributed by atoms with E-state index < -0.39 is 0 Å². The minimum absolute atomic E-state index is 0.367. The Morgan fingerprint density at radius 3 is 2.74 bits per heavy atom. The van der Waals surface area contributed by atoms with Crippen LogP contribution in [0.5, 0.6) is 0 Å². The van der Waals surface area contributed by atoms with Gasteiger partial charge >= 0.3 is 0 Å². The second-order valence-electron chi connectivity index (χ2n) is 5.57. The Morgan fingerprint density at radius 1 is 1.22 bits per heavy atom. The van der Waals surface area contributed by atoms with Crippen LogP contribution < -0.4 is 4.90 Å². The van der Waals surface area contributed by atoms with E-state index in [2.05, 4.69) is 38.4 Å². The smallest absolute Gasteiger partial charge is 0.222 e. The molecule has 0 spiro atoms. The number of fused-ring (bicyclic) bond motifs is 3. The Bertz CT molecular complexity index is 935. The summed E-state index contributed by atoms with van der Waals surface area (Å²) in [5.74, 6) is 0.738. The van der Waals surface area contributed by atoms with Crippen molar-refractivity contribution < 1.29 is 0 Å². The van der Waals surface area contributed by atoms with Crippen molar-refractivity contribution in [3.8, 4) is 6.07 Å². The molecule has 116 valence electrons. The van der Waals surface area contributed by atoms with Crippen LogP contribution >= 0.6 is 11.6 Å². The van der Waals surface area contributed by atoms with Gasteiger partial charge in [-0.2, -0.15) is 9.78 Å². The molecule has 0 bridgehead atoms. The summed E-state index contributed by atoms with van der Waals surface area (Å²) < 4.78 is 1.63. The van der Waals surface area contributed by atoms with E-state index >= 15 is 0 Å². The number of nitriles is 1. The fourth-order valence-electron chi connectivity index (χ4n) is 2.78. The lowest BCUT2D eigenvalue weighted by molar-refractivity contribution is 0.312. The Kier molecular flexibility index (Phi) is 3.25. The molecule has 8 nitrogen and oxygen atoms in total. The van der Waals surface area contributed by atoms with Crippen LogP contribution in [0.15, 0.2) is 12.1 Å². The van der Waals surface area contributed by atoms with Gasteiger partial charge in [0.2, 0.25) is 5.65 Å². The maximum atomic E-state index is 9.17. The monoisotopic (exact) mass is 328 g/mol. The largest absolute Gasteiger partial charge is 0.351 e. The first-order valence-corrected chi connectivity index (χ1v) is 7.60. The molecule has 0 amide bonds. The third-order valence-corrected chi connectivity index (χ3v) is 4.42. The highest BCUT2D eigenvalue weighted by Crippen LogP contribution is 2.27. The van der Waals surface area contributed by atoms with Crippen molar-refractivity contribution in [1.29, 1.82) is 5.26 Å². The van der Waals surface area contributed by atoms with Crippen molar-refractivity contribution in [1.82, 2.24) is 29.9 Å². The lowest BCUT2D eigenvalue weighted by Gasteiger charge is -2.33. The van der Waals surface area contributed by atoms with Gasteiger partial charge < -0.3 is 9.80 Å². The second-order valence-corrected chi connectivity index (χ2v) is 5.98. The van der Waals surface area contributed by atoms with Crippen LogP contribution in [0.25, 0.3) is 16.7 Å². The van der Waals surface area contributed by atoms with Crippen molar-refractivity contribution in [3.63, 3.8) is 0 Å². The van der Waals surface area contributed by atoms with Gasteiger partial charge in [0.15, 0.2) is 5.82 Å². The summed E-state index contributed by atoms with van der Waals surface area (Å²) in [5, 5.41) is 21.5. The zero-order valence-corrected chi connectivity index (χ0v) is 13.2. The van der Waals surface area contributed by atoms with Gasteiger partial charge in [0.25, 0.3) is 0 Å². The molecule has 1 aromatic carbocycles. The number of hydrogen-bond donors (Lipinski definition) is 0. The number of benzene rings is 1. The Morgan fingerprint density at radius 2 is 2.00 bits per heavy atom. The van der Waals surface area contributed by atoms with Gasteiger partial charge in [-0.25, -0.2) is 4.98 Å². The molecule has 23 heavy (non-hydrogen) atoms. The molecule has 0 unspecified atom stereocenters. The molecular weight excluding hydrogens is 316 g/mol. The average molecular weight is 329 g/mol. The van der Waals surface area contributed by atoms with Gasteiger partial charge in [-0.1, -0.05) is 11.6 Å². The molecule has 0 aliphatic carbocycles. The first-order valence-electron chi connectivity index (χ1n) is 7.22. The van der Waals surface area contributed by atoms with E-state index in [1.165, 1.54) is 0 Å². The average Bonchev–Trinajstić information content (AvgIpc) is 3.04. The minimum atomic E-state index is 0.367. The number of aromatic nitrogens is 5. The molecule has 0 N–H and O–H groups in total. The normalized spacial score (nSPS) is 16.1. The van der Waals surface area contributed by atoms with Gasteiger partial charge in [0.1, 0.15) is 6.07 Å². The molecule has 3 heterocycles. The van der Waals surface area contributed by atoms with Gasteiger partial charge in [0.05, 0.1) is 21.6 Å². The van der Waals surface area contributed by atoms with Crippen LogP contribution in [-0.4, -0.2) is 63.2 Å². The van der Waals surface area contributed by atoms with Crippen LogP contribution in [0.4, 0.5) is 5.82 Å². The molecular formula is C14H13ClN8. The molecule has 1 fully saturated rings. The van der Waals surface area contributed by atoms with Crippen molar-refractivity contribution in [2.45, 2.75) is 0 Å². The van der Waals surface area contributed by atoms with E-state index in [4.69, 9.17) is 16.6 Å². The topological polar surface area (TPSA) is 86.2 Å². The van der Waals surface area contributed by atoms with Crippen molar-refractivity contribution in [2.75, 3.05) is 38.1 Å². The summed E-state index contributed by atoms with van der Waals surface area (Å²) >= 11 is 6.13. The van der Waals surface area contributed by atoms with E-state index in [-0.39, 0.29) is 0 Å². The predicted molar refractivity (Wildman–Crippen MR) is 85.5 cm³/mol. The number of likely N-dealkylation sites (N-methyl/N-ethyl adjacent to an activating group) is 1. The summed E-state index contributed by atoms with van der Waals surface area (Å²) in [7, 11) is 2.10. The molecule has 0 atom stereocenters. The van der Waals surface area contributed by atoms with E-state index in [0.29, 0.717) is 27.3 Å². The molecule has 0 saturated carbocycles. The quantitative estimate of drug-likeness (QED) is 0.657. The van der Waals surface area contributed by atoms with E-state index in [1.54, 1.807) is 16.6 Å². The zero-order valence-electron chi connectivity index (χ0n) is 12.4. The highest BCUT2D eigenvalue weighted by Gasteiger charge is 2.21. The van der Waals surface area contributed by atoms with Gasteiger partial charge in [-0.05, 0) is 29.6 Å².